The van der Waals surface area contributed by atoms with E-state index in [0.717, 1.165) is 12.8 Å². The van der Waals surface area contributed by atoms with Crippen molar-refractivity contribution in [3.05, 3.63) is 47.7 Å². The van der Waals surface area contributed by atoms with Crippen LogP contribution in [0, 0.1) is 0 Å². The van der Waals surface area contributed by atoms with E-state index in [2.05, 4.69) is 6.92 Å². The maximum absolute atomic E-state index is 12.0. The summed E-state index contributed by atoms with van der Waals surface area (Å²) in [6.45, 7) is 4.20. The lowest BCUT2D eigenvalue weighted by Gasteiger charge is -2.06. The van der Waals surface area contributed by atoms with Crippen LogP contribution in [0.4, 0.5) is 4.79 Å². The van der Waals surface area contributed by atoms with E-state index in [0.29, 0.717) is 12.2 Å². The number of carbonyl (C=O) groups excluding carboxylic acids is 2. The van der Waals surface area contributed by atoms with Crippen molar-refractivity contribution in [1.82, 2.24) is 0 Å². The summed E-state index contributed by atoms with van der Waals surface area (Å²) < 4.78 is 10.1. The van der Waals surface area contributed by atoms with Crippen LogP contribution in [0.1, 0.15) is 114 Å². The molecule has 0 radical (unpaired) electrons. The highest BCUT2D eigenvalue weighted by Gasteiger charge is 2.08. The number of allylic oxidation sites excluding steroid dienone is 2. The first-order valence-corrected chi connectivity index (χ1v) is 12.3. The molecule has 0 unspecified atom stereocenters. The van der Waals surface area contributed by atoms with E-state index in [1.807, 2.05) is 6.07 Å². The van der Waals surface area contributed by atoms with Crippen LogP contribution in [0.15, 0.2) is 42.2 Å². The van der Waals surface area contributed by atoms with Crippen molar-refractivity contribution < 1.29 is 19.1 Å². The fourth-order valence-electron chi connectivity index (χ4n) is 3.51. The number of carbonyl (C=O) groups is 2. The lowest BCUT2D eigenvalue weighted by molar-refractivity contribution is 0.0755. The monoisotopic (exact) mass is 430 g/mol. The Hall–Kier alpha value is -2.10. The van der Waals surface area contributed by atoms with Crippen molar-refractivity contribution in [1.29, 1.82) is 0 Å². The minimum absolute atomic E-state index is 0.196. The van der Waals surface area contributed by atoms with Crippen LogP contribution in [0.3, 0.4) is 0 Å². The molecule has 1 aromatic carbocycles. The maximum Gasteiger partial charge on any atom is 0.513 e. The first-order chi connectivity index (χ1) is 15.1. The van der Waals surface area contributed by atoms with Crippen molar-refractivity contribution in [3.8, 4) is 0 Å². The number of rotatable bonds is 18. The number of unbranched alkanes of at least 4 members (excludes halogenated alkanes) is 13. The molecular formula is C27H42O4. The van der Waals surface area contributed by atoms with E-state index in [1.54, 1.807) is 31.2 Å². The van der Waals surface area contributed by atoms with Gasteiger partial charge in [-0.2, -0.15) is 0 Å². The first kappa shape index (κ1) is 26.9. The number of ether oxygens (including phenoxy) is 2. The molecule has 0 aliphatic heterocycles. The van der Waals surface area contributed by atoms with Crippen LogP contribution in [-0.4, -0.2) is 18.5 Å². The van der Waals surface area contributed by atoms with Crippen molar-refractivity contribution in [2.75, 3.05) is 6.61 Å². The second-order valence-corrected chi connectivity index (χ2v) is 8.28. The highest BCUT2D eigenvalue weighted by atomic mass is 16.7. The van der Waals surface area contributed by atoms with Gasteiger partial charge in [0.15, 0.2) is 5.78 Å². The Bertz CT molecular complexity index is 621. The molecule has 0 amide bonds. The predicted molar refractivity (Wildman–Crippen MR) is 127 cm³/mol. The van der Waals surface area contributed by atoms with E-state index in [4.69, 9.17) is 9.47 Å². The Balaban J connectivity index is 1.93. The summed E-state index contributed by atoms with van der Waals surface area (Å²) in [5, 5.41) is 0. The fourth-order valence-corrected chi connectivity index (χ4v) is 3.51. The van der Waals surface area contributed by atoms with Crippen molar-refractivity contribution in [3.63, 3.8) is 0 Å². The molecular weight excluding hydrogens is 388 g/mol. The summed E-state index contributed by atoms with van der Waals surface area (Å²) in [6.07, 6.45) is 18.6. The van der Waals surface area contributed by atoms with Gasteiger partial charge in [0.05, 0.1) is 6.61 Å². The molecule has 0 aliphatic carbocycles. The van der Waals surface area contributed by atoms with E-state index >= 15 is 0 Å². The lowest BCUT2D eigenvalue weighted by atomic mass is 10.0. The Kier molecular flexibility index (Phi) is 16.2. The number of benzene rings is 1. The van der Waals surface area contributed by atoms with E-state index in [-0.39, 0.29) is 11.5 Å². The van der Waals surface area contributed by atoms with Gasteiger partial charge in [0.2, 0.25) is 0 Å². The number of hydrogen-bond acceptors (Lipinski definition) is 4. The molecule has 0 aliphatic rings. The van der Waals surface area contributed by atoms with Crippen LogP contribution >= 0.6 is 0 Å². The molecule has 31 heavy (non-hydrogen) atoms. The molecule has 0 saturated carbocycles. The third-order valence-electron chi connectivity index (χ3n) is 5.35. The molecule has 1 rings (SSSR count). The second-order valence-electron chi connectivity index (χ2n) is 8.28. The Morgan fingerprint density at radius 3 is 1.74 bits per heavy atom. The smallest absolute Gasteiger partial charge is 0.434 e. The third-order valence-corrected chi connectivity index (χ3v) is 5.35. The molecule has 0 fully saturated rings. The largest absolute Gasteiger partial charge is 0.513 e. The SMILES string of the molecule is CCCCCCCCCCCCCCCCOC(=O)O/C(C)=C/C(=O)c1ccccc1. The molecule has 174 valence electrons. The molecule has 0 atom stereocenters. The van der Waals surface area contributed by atoms with E-state index in [1.165, 1.54) is 83.1 Å². The van der Waals surface area contributed by atoms with Gasteiger partial charge in [-0.05, 0) is 13.3 Å². The quantitative estimate of drug-likeness (QED) is 0.0771. The average Bonchev–Trinajstić information content (AvgIpc) is 2.77. The number of hydrogen-bond donors (Lipinski definition) is 0. The zero-order valence-electron chi connectivity index (χ0n) is 19.7. The second kappa shape index (κ2) is 18.7. The molecule has 4 heteroatoms. The van der Waals surface area contributed by atoms with E-state index in [9.17, 15) is 9.59 Å². The third kappa shape index (κ3) is 15.4. The summed E-state index contributed by atoms with van der Waals surface area (Å²) in [6, 6.07) is 8.88. The molecule has 0 N–H and O–H groups in total. The van der Waals surface area contributed by atoms with Crippen molar-refractivity contribution >= 4 is 11.9 Å². The first-order valence-electron chi connectivity index (χ1n) is 12.3. The molecule has 1 aromatic rings. The van der Waals surface area contributed by atoms with Crippen LogP contribution in [0.5, 0.6) is 0 Å². The fraction of sp³-hybridized carbons (Fsp3) is 0.630. The van der Waals surface area contributed by atoms with Gasteiger partial charge in [-0.25, -0.2) is 4.79 Å². The minimum Gasteiger partial charge on any atom is -0.434 e. The van der Waals surface area contributed by atoms with Crippen LogP contribution in [0.25, 0.3) is 0 Å². The molecule has 0 bridgehead atoms. The van der Waals surface area contributed by atoms with Gasteiger partial charge in [-0.15, -0.1) is 0 Å². The topological polar surface area (TPSA) is 52.6 Å². The summed E-state index contributed by atoms with van der Waals surface area (Å²) >= 11 is 0. The van der Waals surface area contributed by atoms with Gasteiger partial charge in [-0.1, -0.05) is 121 Å². The van der Waals surface area contributed by atoms with Crippen LogP contribution in [-0.2, 0) is 9.47 Å². The molecule has 0 saturated heterocycles. The van der Waals surface area contributed by atoms with Crippen LogP contribution < -0.4 is 0 Å². The zero-order chi connectivity index (χ0) is 22.6. The van der Waals surface area contributed by atoms with Gasteiger partial charge in [0.25, 0.3) is 0 Å². The standard InChI is InChI=1S/C27H42O4/c1-3-4-5-6-7-8-9-10-11-12-13-14-15-19-22-30-27(29)31-24(2)23-26(28)25-20-17-16-18-21-25/h16-18,20-21,23H,3-15,19,22H2,1-2H3/b24-23+. The van der Waals surface area contributed by atoms with Gasteiger partial charge < -0.3 is 9.47 Å². The normalized spacial score (nSPS) is 11.4. The van der Waals surface area contributed by atoms with Gasteiger partial charge in [0, 0.05) is 11.6 Å². The highest BCUT2D eigenvalue weighted by molar-refractivity contribution is 6.04. The molecule has 0 heterocycles. The van der Waals surface area contributed by atoms with Crippen LogP contribution in [0.2, 0.25) is 0 Å². The summed E-state index contributed by atoms with van der Waals surface area (Å²) in [5.41, 5.74) is 0.557. The zero-order valence-corrected chi connectivity index (χ0v) is 19.7. The Morgan fingerprint density at radius 2 is 1.23 bits per heavy atom. The molecule has 0 spiro atoms. The van der Waals surface area contributed by atoms with E-state index < -0.39 is 6.16 Å². The number of ketones is 1. The maximum atomic E-state index is 12.0. The lowest BCUT2D eigenvalue weighted by Crippen LogP contribution is -2.08. The average molecular weight is 431 g/mol. The van der Waals surface area contributed by atoms with Gasteiger partial charge in [0.1, 0.15) is 5.76 Å². The Morgan fingerprint density at radius 1 is 0.742 bits per heavy atom. The minimum atomic E-state index is -0.746. The van der Waals surface area contributed by atoms with Crippen molar-refractivity contribution in [2.24, 2.45) is 0 Å². The van der Waals surface area contributed by atoms with Gasteiger partial charge >= 0.3 is 6.16 Å². The Labute approximate surface area is 189 Å². The highest BCUT2D eigenvalue weighted by Crippen LogP contribution is 2.13. The summed E-state index contributed by atoms with van der Waals surface area (Å²) in [7, 11) is 0. The molecule has 0 aromatic heterocycles. The summed E-state index contributed by atoms with van der Waals surface area (Å²) in [4.78, 5) is 23.7. The van der Waals surface area contributed by atoms with Gasteiger partial charge in [-0.3, -0.25) is 4.79 Å². The predicted octanol–water partition coefficient (Wildman–Crippen LogP) is 8.41. The summed E-state index contributed by atoms with van der Waals surface area (Å²) in [5.74, 6) is 0.0395. The molecule has 4 nitrogen and oxygen atoms in total. The van der Waals surface area contributed by atoms with Crippen molar-refractivity contribution in [2.45, 2.75) is 104 Å².